The van der Waals surface area contributed by atoms with Crippen molar-refractivity contribution in [3.63, 3.8) is 0 Å². The number of benzene rings is 2. The van der Waals surface area contributed by atoms with Crippen LogP contribution in [0.4, 0.5) is 18.0 Å². The summed E-state index contributed by atoms with van der Waals surface area (Å²) < 4.78 is 50.2. The number of carbonyl (C=O) groups is 2. The van der Waals surface area contributed by atoms with Crippen molar-refractivity contribution in [3.05, 3.63) is 64.2 Å². The molecule has 1 aliphatic rings. The van der Waals surface area contributed by atoms with Crippen LogP contribution in [0, 0.1) is 6.92 Å². The summed E-state index contributed by atoms with van der Waals surface area (Å²) >= 11 is 3.10. The molecule has 0 saturated carbocycles. The molecule has 3 aromatic rings. The van der Waals surface area contributed by atoms with Gasteiger partial charge in [0.25, 0.3) is 0 Å². The van der Waals surface area contributed by atoms with Gasteiger partial charge in [-0.2, -0.15) is 13.2 Å². The monoisotopic (exact) mass is 636 g/mol. The highest BCUT2D eigenvalue weighted by molar-refractivity contribution is 7.98. The Hall–Kier alpha value is -3.29. The highest BCUT2D eigenvalue weighted by Gasteiger charge is 2.30. The van der Waals surface area contributed by atoms with Crippen molar-refractivity contribution in [2.45, 2.75) is 50.2 Å². The average molecular weight is 637 g/mol. The van der Waals surface area contributed by atoms with Gasteiger partial charge in [-0.3, -0.25) is 4.90 Å². The lowest BCUT2D eigenvalue weighted by Gasteiger charge is -2.34. The number of alkyl halides is 3. The number of thioether (sulfide) groups is 1. The molecule has 43 heavy (non-hydrogen) atoms. The van der Waals surface area contributed by atoms with Crippen molar-refractivity contribution in [1.82, 2.24) is 20.1 Å². The lowest BCUT2D eigenvalue weighted by Crippen LogP contribution is -2.50. The number of urea groups is 1. The summed E-state index contributed by atoms with van der Waals surface area (Å²) in [5.74, 6) is 0.797. The van der Waals surface area contributed by atoms with Crippen LogP contribution in [0.2, 0.25) is 0 Å². The van der Waals surface area contributed by atoms with Gasteiger partial charge in [-0.15, -0.1) is 23.1 Å². The van der Waals surface area contributed by atoms with E-state index in [2.05, 4.69) is 10.2 Å². The molecule has 1 aromatic heterocycles. The van der Waals surface area contributed by atoms with Crippen LogP contribution in [0.1, 0.15) is 35.5 Å². The van der Waals surface area contributed by atoms with E-state index < -0.39 is 23.8 Å². The fourth-order valence-electron chi connectivity index (χ4n) is 4.51. The number of thiazole rings is 1. The van der Waals surface area contributed by atoms with E-state index in [1.54, 1.807) is 37.6 Å². The van der Waals surface area contributed by atoms with Gasteiger partial charge in [0.05, 0.1) is 17.9 Å². The van der Waals surface area contributed by atoms with Gasteiger partial charge in [0.1, 0.15) is 10.8 Å². The minimum atomic E-state index is -4.40. The number of aromatic nitrogens is 1. The Balaban J connectivity index is 1.50. The van der Waals surface area contributed by atoms with E-state index in [0.717, 1.165) is 33.2 Å². The van der Waals surface area contributed by atoms with Crippen LogP contribution >= 0.6 is 23.1 Å². The molecule has 4 rings (SSSR count). The summed E-state index contributed by atoms with van der Waals surface area (Å²) in [6, 6.07) is 10.7. The first-order valence-corrected chi connectivity index (χ1v) is 15.7. The number of hydrogen-bond donors (Lipinski definition) is 1. The Bertz CT molecular complexity index is 1410. The van der Waals surface area contributed by atoms with Gasteiger partial charge in [0.15, 0.2) is 6.10 Å². The molecule has 0 bridgehead atoms. The van der Waals surface area contributed by atoms with E-state index >= 15 is 0 Å². The normalized spacial score (nSPS) is 14.8. The standard InChI is InChI=1S/C30H35F3N4O4S2/c1-5-40-28(38)20(3)41-25-11-10-23(16-19(25)2)42-18-26-24(17-36-12-14-37(15-13-36)29(39)34-4)35-27(43-26)21-6-8-22(9-7-21)30(31,32)33/h6-11,16,20H,5,12-15,17-18H2,1-4H3,(H,34,39). The Morgan fingerprint density at radius 3 is 2.42 bits per heavy atom. The third-order valence-electron chi connectivity index (χ3n) is 6.92. The minimum Gasteiger partial charge on any atom is -0.479 e. The SMILES string of the molecule is CCOC(=O)C(C)Oc1ccc(SCc2sc(-c3ccc(C(F)(F)F)cc3)nc2CN2CCN(C(=O)NC)CC2)cc1C. The number of nitrogens with zero attached hydrogens (tertiary/aromatic N) is 3. The first kappa shape index (κ1) is 32.6. The molecule has 0 spiro atoms. The predicted octanol–water partition coefficient (Wildman–Crippen LogP) is 6.22. The van der Waals surface area contributed by atoms with Gasteiger partial charge in [0.2, 0.25) is 0 Å². The lowest BCUT2D eigenvalue weighted by molar-refractivity contribution is -0.150. The number of amides is 2. The Morgan fingerprint density at radius 1 is 1.12 bits per heavy atom. The molecule has 1 atom stereocenters. The number of carbonyl (C=O) groups excluding carboxylic acids is 2. The van der Waals surface area contributed by atoms with E-state index in [4.69, 9.17) is 14.5 Å². The van der Waals surface area contributed by atoms with Crippen molar-refractivity contribution in [2.75, 3.05) is 39.8 Å². The second kappa shape index (κ2) is 14.5. The van der Waals surface area contributed by atoms with E-state index in [-0.39, 0.29) is 12.6 Å². The summed E-state index contributed by atoms with van der Waals surface area (Å²) in [5, 5.41) is 3.32. The van der Waals surface area contributed by atoms with Crippen molar-refractivity contribution >= 4 is 35.1 Å². The van der Waals surface area contributed by atoms with Crippen LogP contribution in [0.5, 0.6) is 5.75 Å². The van der Waals surface area contributed by atoms with Crippen LogP contribution in [-0.4, -0.2) is 72.7 Å². The van der Waals surface area contributed by atoms with Gasteiger partial charge in [-0.05, 0) is 56.7 Å². The zero-order chi connectivity index (χ0) is 31.1. The number of aryl methyl sites for hydroxylation is 1. The van der Waals surface area contributed by atoms with Crippen LogP contribution in [0.3, 0.4) is 0 Å². The van der Waals surface area contributed by atoms with Gasteiger partial charge >= 0.3 is 18.2 Å². The van der Waals surface area contributed by atoms with Crippen molar-refractivity contribution in [3.8, 4) is 16.3 Å². The second-order valence-electron chi connectivity index (χ2n) is 10.0. The fraction of sp³-hybridized carbons (Fsp3) is 0.433. The third-order valence-corrected chi connectivity index (χ3v) is 9.27. The van der Waals surface area contributed by atoms with E-state index in [0.29, 0.717) is 54.8 Å². The summed E-state index contributed by atoms with van der Waals surface area (Å²) in [6.07, 6.45) is -5.13. The highest BCUT2D eigenvalue weighted by atomic mass is 32.2. The van der Waals surface area contributed by atoms with Crippen LogP contribution in [0.15, 0.2) is 47.4 Å². The van der Waals surface area contributed by atoms with Gasteiger partial charge in [-0.1, -0.05) is 12.1 Å². The molecule has 1 fully saturated rings. The van der Waals surface area contributed by atoms with E-state index in [9.17, 15) is 22.8 Å². The largest absolute Gasteiger partial charge is 0.479 e. The molecule has 1 saturated heterocycles. The average Bonchev–Trinajstić information content (AvgIpc) is 3.39. The molecule has 0 radical (unpaired) electrons. The molecule has 2 heterocycles. The topological polar surface area (TPSA) is 84.0 Å². The summed E-state index contributed by atoms with van der Waals surface area (Å²) in [4.78, 5) is 34.9. The first-order chi connectivity index (χ1) is 20.5. The number of piperazine rings is 1. The molecule has 232 valence electrons. The molecule has 0 aliphatic carbocycles. The smallest absolute Gasteiger partial charge is 0.416 e. The first-order valence-electron chi connectivity index (χ1n) is 13.9. The molecule has 1 unspecified atom stereocenters. The van der Waals surface area contributed by atoms with Gasteiger partial charge in [-0.25, -0.2) is 14.6 Å². The Labute approximate surface area is 257 Å². The molecule has 2 aromatic carbocycles. The molecule has 13 heteroatoms. The zero-order valence-corrected chi connectivity index (χ0v) is 26.1. The van der Waals surface area contributed by atoms with Crippen molar-refractivity contribution in [2.24, 2.45) is 0 Å². The number of hydrogen-bond acceptors (Lipinski definition) is 8. The number of nitrogens with one attached hydrogen (secondary N) is 1. The van der Waals surface area contributed by atoms with Crippen LogP contribution < -0.4 is 10.1 Å². The number of ether oxygens (including phenoxy) is 2. The van der Waals surface area contributed by atoms with E-state index in [1.165, 1.54) is 23.5 Å². The maximum atomic E-state index is 13.1. The lowest BCUT2D eigenvalue weighted by atomic mass is 10.1. The molecular formula is C30H35F3N4O4S2. The zero-order valence-electron chi connectivity index (χ0n) is 24.5. The summed E-state index contributed by atoms with van der Waals surface area (Å²) in [6.45, 7) is 8.75. The molecule has 1 aliphatic heterocycles. The van der Waals surface area contributed by atoms with Crippen molar-refractivity contribution in [1.29, 1.82) is 0 Å². The molecule has 2 amide bonds. The predicted molar refractivity (Wildman–Crippen MR) is 161 cm³/mol. The van der Waals surface area contributed by atoms with Crippen LogP contribution in [0.25, 0.3) is 10.6 Å². The highest BCUT2D eigenvalue weighted by Crippen LogP contribution is 2.36. The van der Waals surface area contributed by atoms with Crippen molar-refractivity contribution < 1.29 is 32.2 Å². The fourth-order valence-corrected chi connectivity index (χ4v) is 6.69. The van der Waals surface area contributed by atoms with E-state index in [1.807, 2.05) is 25.1 Å². The maximum Gasteiger partial charge on any atom is 0.416 e. The molecule has 8 nitrogen and oxygen atoms in total. The van der Waals surface area contributed by atoms with Gasteiger partial charge in [0, 0.05) is 60.9 Å². The number of esters is 1. The Morgan fingerprint density at radius 2 is 1.81 bits per heavy atom. The summed E-state index contributed by atoms with van der Waals surface area (Å²) in [7, 11) is 1.61. The minimum absolute atomic E-state index is 0.1000. The van der Waals surface area contributed by atoms with Gasteiger partial charge < -0.3 is 19.7 Å². The number of rotatable bonds is 10. The number of halogens is 3. The quantitative estimate of drug-likeness (QED) is 0.209. The maximum absolute atomic E-state index is 13.1. The summed E-state index contributed by atoms with van der Waals surface area (Å²) in [5.41, 5.74) is 1.69. The third kappa shape index (κ3) is 8.64. The molecule has 1 N–H and O–H groups in total. The molecular weight excluding hydrogens is 601 g/mol. The Kier molecular flexibility index (Phi) is 11.0. The second-order valence-corrected chi connectivity index (χ2v) is 12.1. The van der Waals surface area contributed by atoms with Crippen LogP contribution in [-0.2, 0) is 28.0 Å².